The second-order valence-electron chi connectivity index (χ2n) is 4.53. The van der Waals surface area contributed by atoms with Crippen LogP contribution in [0.25, 0.3) is 0 Å². The van der Waals surface area contributed by atoms with Crippen LogP contribution in [0.3, 0.4) is 0 Å². The lowest BCUT2D eigenvalue weighted by Crippen LogP contribution is -2.36. The summed E-state index contributed by atoms with van der Waals surface area (Å²) < 4.78 is 4.63. The number of carbonyl (C=O) groups excluding carboxylic acids is 1. The van der Waals surface area contributed by atoms with E-state index in [-0.39, 0.29) is 18.6 Å². The van der Waals surface area contributed by atoms with Gasteiger partial charge in [0, 0.05) is 22.3 Å². The number of thiophene rings is 1. The summed E-state index contributed by atoms with van der Waals surface area (Å²) in [6.07, 6.45) is 0.328. The fourth-order valence-electron chi connectivity index (χ4n) is 1.57. The molecule has 0 aliphatic heterocycles. The molecule has 5 heteroatoms. The van der Waals surface area contributed by atoms with Gasteiger partial charge in [0.2, 0.25) is 0 Å². The molecule has 0 aromatic carbocycles. The molecule has 0 amide bonds. The first kappa shape index (κ1) is 15.1. The Morgan fingerprint density at radius 2 is 2.11 bits per heavy atom. The van der Waals surface area contributed by atoms with E-state index in [2.05, 4.69) is 23.9 Å². The van der Waals surface area contributed by atoms with Crippen molar-refractivity contribution in [2.24, 2.45) is 5.92 Å². The second kappa shape index (κ2) is 7.51. The topological polar surface area (TPSA) is 58.6 Å². The highest BCUT2D eigenvalue weighted by Crippen LogP contribution is 2.17. The van der Waals surface area contributed by atoms with Crippen molar-refractivity contribution in [3.63, 3.8) is 0 Å². The van der Waals surface area contributed by atoms with Gasteiger partial charge in [0.25, 0.3) is 0 Å². The molecule has 0 saturated heterocycles. The Kier molecular flexibility index (Phi) is 6.32. The molecular weight excluding hydrogens is 250 g/mol. The summed E-state index contributed by atoms with van der Waals surface area (Å²) in [5.74, 6) is 0.177. The number of carbonyl (C=O) groups is 1. The van der Waals surface area contributed by atoms with Crippen LogP contribution in [0, 0.1) is 5.92 Å². The van der Waals surface area contributed by atoms with E-state index in [1.165, 1.54) is 7.11 Å². The summed E-state index contributed by atoms with van der Waals surface area (Å²) in [5, 5.41) is 12.5. The molecule has 1 aromatic heterocycles. The highest BCUT2D eigenvalue weighted by molar-refractivity contribution is 7.12. The summed E-state index contributed by atoms with van der Waals surface area (Å²) in [4.78, 5) is 13.3. The number of hydrogen-bond acceptors (Lipinski definition) is 5. The van der Waals surface area contributed by atoms with Crippen LogP contribution in [0.4, 0.5) is 0 Å². The molecule has 1 aromatic rings. The molecule has 0 saturated carbocycles. The fourth-order valence-corrected chi connectivity index (χ4v) is 2.52. The smallest absolute Gasteiger partial charge is 0.310 e. The summed E-state index contributed by atoms with van der Waals surface area (Å²) >= 11 is 1.60. The number of ether oxygens (including phenoxy) is 1. The molecule has 0 fully saturated rings. The molecule has 0 aliphatic rings. The molecule has 2 N–H and O–H groups in total. The van der Waals surface area contributed by atoms with Gasteiger partial charge in [-0.25, -0.2) is 0 Å². The zero-order chi connectivity index (χ0) is 13.5. The average molecular weight is 271 g/mol. The molecule has 18 heavy (non-hydrogen) atoms. The number of methoxy groups -OCH3 is 1. The molecule has 4 nitrogen and oxygen atoms in total. The van der Waals surface area contributed by atoms with Crippen LogP contribution in [-0.4, -0.2) is 30.8 Å². The van der Waals surface area contributed by atoms with Crippen LogP contribution in [0.5, 0.6) is 0 Å². The Bertz CT molecular complexity index is 376. The molecule has 0 spiro atoms. The lowest BCUT2D eigenvalue weighted by atomic mass is 10.1. The molecule has 0 unspecified atom stereocenters. The Labute approximate surface area is 112 Å². The lowest BCUT2D eigenvalue weighted by molar-refractivity contribution is -0.139. The van der Waals surface area contributed by atoms with Gasteiger partial charge >= 0.3 is 5.97 Å². The molecule has 1 rings (SSSR count). The molecular formula is C13H21NO3S. The first-order valence-corrected chi connectivity index (χ1v) is 6.87. The second-order valence-corrected chi connectivity index (χ2v) is 5.79. The number of rotatable bonds is 7. The molecule has 1 heterocycles. The van der Waals surface area contributed by atoms with Crippen LogP contribution in [0.2, 0.25) is 0 Å². The van der Waals surface area contributed by atoms with Crippen LogP contribution >= 0.6 is 11.3 Å². The third-order valence-corrected chi connectivity index (χ3v) is 3.89. The minimum Gasteiger partial charge on any atom is -0.469 e. The maximum absolute atomic E-state index is 11.1. The first-order chi connectivity index (χ1) is 8.56. The van der Waals surface area contributed by atoms with Crippen molar-refractivity contribution in [2.45, 2.75) is 32.9 Å². The van der Waals surface area contributed by atoms with Gasteiger partial charge in [-0.3, -0.25) is 4.79 Å². The van der Waals surface area contributed by atoms with Gasteiger partial charge in [-0.05, 0) is 18.1 Å². The fraction of sp³-hybridized carbons (Fsp3) is 0.615. The van der Waals surface area contributed by atoms with Crippen molar-refractivity contribution in [3.8, 4) is 0 Å². The highest BCUT2D eigenvalue weighted by atomic mass is 32.1. The van der Waals surface area contributed by atoms with Crippen molar-refractivity contribution < 1.29 is 14.6 Å². The summed E-state index contributed by atoms with van der Waals surface area (Å²) in [5.41, 5.74) is 0. The average Bonchev–Trinajstić information content (AvgIpc) is 2.77. The van der Waals surface area contributed by atoms with E-state index in [1.54, 1.807) is 11.3 Å². The van der Waals surface area contributed by atoms with Crippen molar-refractivity contribution >= 4 is 17.3 Å². The standard InChI is InChI=1S/C13H21NO3S/c1-9(2)12(8-15)14-7-11-5-4-10(18-11)6-13(16)17-3/h4-5,9,12,14-15H,6-8H2,1-3H3/t12-/m1/s1. The van der Waals surface area contributed by atoms with Crippen molar-refractivity contribution in [3.05, 3.63) is 21.9 Å². The third-order valence-electron chi connectivity index (χ3n) is 2.80. The minimum atomic E-state index is -0.216. The summed E-state index contributed by atoms with van der Waals surface area (Å²) in [7, 11) is 1.40. The Morgan fingerprint density at radius 3 is 2.67 bits per heavy atom. The van der Waals surface area contributed by atoms with Gasteiger partial charge < -0.3 is 15.2 Å². The first-order valence-electron chi connectivity index (χ1n) is 6.05. The monoisotopic (exact) mass is 271 g/mol. The molecule has 0 aliphatic carbocycles. The molecule has 1 atom stereocenters. The van der Waals surface area contributed by atoms with Crippen molar-refractivity contribution in [2.75, 3.05) is 13.7 Å². The van der Waals surface area contributed by atoms with E-state index in [1.807, 2.05) is 12.1 Å². The van der Waals surface area contributed by atoms with Crippen LogP contribution in [-0.2, 0) is 22.5 Å². The van der Waals surface area contributed by atoms with Gasteiger partial charge in [0.1, 0.15) is 0 Å². The maximum atomic E-state index is 11.1. The number of hydrogen-bond donors (Lipinski definition) is 2. The number of aliphatic hydroxyl groups is 1. The number of aliphatic hydroxyl groups excluding tert-OH is 1. The van der Waals surface area contributed by atoms with Gasteiger partial charge in [0.15, 0.2) is 0 Å². The third kappa shape index (κ3) is 4.76. The van der Waals surface area contributed by atoms with E-state index < -0.39 is 0 Å². The Hall–Kier alpha value is -0.910. The maximum Gasteiger partial charge on any atom is 0.310 e. The zero-order valence-corrected chi connectivity index (χ0v) is 11.9. The van der Waals surface area contributed by atoms with Crippen molar-refractivity contribution in [1.82, 2.24) is 5.32 Å². The zero-order valence-electron chi connectivity index (χ0n) is 11.1. The molecule has 0 radical (unpaired) electrons. The van der Waals surface area contributed by atoms with E-state index in [0.717, 1.165) is 16.3 Å². The Morgan fingerprint density at radius 1 is 1.44 bits per heavy atom. The number of nitrogens with one attached hydrogen (secondary N) is 1. The van der Waals surface area contributed by atoms with Gasteiger partial charge in [0.05, 0.1) is 20.1 Å². The van der Waals surface area contributed by atoms with Crippen LogP contribution in [0.1, 0.15) is 23.6 Å². The predicted octanol–water partition coefficient (Wildman–Crippen LogP) is 1.57. The molecule has 102 valence electrons. The predicted molar refractivity (Wildman–Crippen MR) is 72.6 cm³/mol. The van der Waals surface area contributed by atoms with Crippen LogP contribution < -0.4 is 5.32 Å². The largest absolute Gasteiger partial charge is 0.469 e. The Balaban J connectivity index is 2.46. The van der Waals surface area contributed by atoms with Crippen molar-refractivity contribution in [1.29, 1.82) is 0 Å². The SMILES string of the molecule is COC(=O)Cc1ccc(CN[C@H](CO)C(C)C)s1. The van der Waals surface area contributed by atoms with Crippen LogP contribution in [0.15, 0.2) is 12.1 Å². The van der Waals surface area contributed by atoms with E-state index >= 15 is 0 Å². The summed E-state index contributed by atoms with van der Waals surface area (Å²) in [6.45, 7) is 5.00. The number of esters is 1. The van der Waals surface area contributed by atoms with Gasteiger partial charge in [-0.15, -0.1) is 11.3 Å². The molecule has 0 bridgehead atoms. The quantitative estimate of drug-likeness (QED) is 0.739. The van der Waals surface area contributed by atoms with Gasteiger partial charge in [-0.1, -0.05) is 13.8 Å². The van der Waals surface area contributed by atoms with E-state index in [4.69, 9.17) is 0 Å². The van der Waals surface area contributed by atoms with E-state index in [0.29, 0.717) is 12.3 Å². The normalized spacial score (nSPS) is 12.7. The highest BCUT2D eigenvalue weighted by Gasteiger charge is 2.12. The summed E-state index contributed by atoms with van der Waals surface area (Å²) in [6, 6.07) is 4.06. The van der Waals surface area contributed by atoms with Gasteiger partial charge in [-0.2, -0.15) is 0 Å². The van der Waals surface area contributed by atoms with E-state index in [9.17, 15) is 9.90 Å². The minimum absolute atomic E-state index is 0.108. The lowest BCUT2D eigenvalue weighted by Gasteiger charge is -2.19.